The van der Waals surface area contributed by atoms with Crippen LogP contribution in [0.25, 0.3) is 0 Å². The Hall–Kier alpha value is -1.36. The van der Waals surface area contributed by atoms with E-state index in [9.17, 15) is 9.90 Å². The molecule has 0 spiro atoms. The van der Waals surface area contributed by atoms with Crippen LogP contribution in [0, 0.1) is 5.41 Å². The number of carbonyl (C=O) groups is 1. The van der Waals surface area contributed by atoms with Gasteiger partial charge in [0.2, 0.25) is 0 Å². The van der Waals surface area contributed by atoms with Crippen LogP contribution < -0.4 is 5.32 Å². The number of aryl methyl sites for hydroxylation is 1. The van der Waals surface area contributed by atoms with Crippen LogP contribution in [0.15, 0.2) is 12.4 Å². The maximum absolute atomic E-state index is 11.4. The summed E-state index contributed by atoms with van der Waals surface area (Å²) in [6.07, 6.45) is 5.62. The van der Waals surface area contributed by atoms with Gasteiger partial charge in [-0.1, -0.05) is 0 Å². The summed E-state index contributed by atoms with van der Waals surface area (Å²) in [5.74, 6) is -0.683. The molecule has 5 nitrogen and oxygen atoms in total. The Morgan fingerprint density at radius 1 is 1.62 bits per heavy atom. The number of nitrogens with one attached hydrogen (secondary N) is 1. The lowest BCUT2D eigenvalue weighted by molar-refractivity contribution is -0.150. The van der Waals surface area contributed by atoms with Crippen molar-refractivity contribution in [1.82, 2.24) is 15.1 Å². The van der Waals surface area contributed by atoms with Crippen LogP contribution in [0.1, 0.15) is 18.4 Å². The molecule has 16 heavy (non-hydrogen) atoms. The summed E-state index contributed by atoms with van der Waals surface area (Å²) in [5, 5.41) is 16.7. The number of piperidine rings is 1. The van der Waals surface area contributed by atoms with Gasteiger partial charge in [0.15, 0.2) is 0 Å². The molecule has 88 valence electrons. The lowest BCUT2D eigenvalue weighted by atomic mass is 9.75. The molecule has 0 radical (unpaired) electrons. The number of carboxylic acid groups (broad SMARTS) is 1. The lowest BCUT2D eigenvalue weighted by Crippen LogP contribution is -2.43. The van der Waals surface area contributed by atoms with Crippen molar-refractivity contribution < 1.29 is 9.90 Å². The van der Waals surface area contributed by atoms with E-state index >= 15 is 0 Å². The monoisotopic (exact) mass is 223 g/mol. The fraction of sp³-hybridized carbons (Fsp3) is 0.636. The third-order valence-corrected chi connectivity index (χ3v) is 3.32. The van der Waals surface area contributed by atoms with E-state index in [4.69, 9.17) is 0 Å². The minimum absolute atomic E-state index is 0.581. The second-order valence-corrected chi connectivity index (χ2v) is 4.53. The number of nitrogens with zero attached hydrogens (tertiary/aromatic N) is 2. The van der Waals surface area contributed by atoms with Crippen LogP contribution in [-0.2, 0) is 18.3 Å². The van der Waals surface area contributed by atoms with Crippen molar-refractivity contribution in [1.29, 1.82) is 0 Å². The highest BCUT2D eigenvalue weighted by molar-refractivity contribution is 5.75. The van der Waals surface area contributed by atoms with Gasteiger partial charge in [0.25, 0.3) is 0 Å². The molecule has 0 atom stereocenters. The van der Waals surface area contributed by atoms with Crippen LogP contribution in [0.2, 0.25) is 0 Å². The number of aliphatic carboxylic acids is 1. The number of rotatable bonds is 3. The van der Waals surface area contributed by atoms with Gasteiger partial charge in [0.05, 0.1) is 11.6 Å². The van der Waals surface area contributed by atoms with E-state index in [1.807, 2.05) is 13.2 Å². The fourth-order valence-corrected chi connectivity index (χ4v) is 2.33. The van der Waals surface area contributed by atoms with Crippen LogP contribution in [0.4, 0.5) is 0 Å². The molecule has 0 amide bonds. The topological polar surface area (TPSA) is 67.2 Å². The Kier molecular flexibility index (Phi) is 2.96. The quantitative estimate of drug-likeness (QED) is 0.779. The van der Waals surface area contributed by atoms with Crippen molar-refractivity contribution in [3.8, 4) is 0 Å². The molecule has 1 saturated heterocycles. The highest BCUT2D eigenvalue weighted by Gasteiger charge is 2.39. The van der Waals surface area contributed by atoms with Gasteiger partial charge in [-0.3, -0.25) is 9.48 Å². The number of carboxylic acids is 1. The van der Waals surface area contributed by atoms with Gasteiger partial charge in [-0.15, -0.1) is 0 Å². The Morgan fingerprint density at radius 3 is 2.81 bits per heavy atom. The van der Waals surface area contributed by atoms with Gasteiger partial charge < -0.3 is 10.4 Å². The first-order valence-electron chi connectivity index (χ1n) is 5.54. The van der Waals surface area contributed by atoms with Gasteiger partial charge in [0.1, 0.15) is 0 Å². The van der Waals surface area contributed by atoms with Crippen molar-refractivity contribution in [2.75, 3.05) is 13.1 Å². The molecule has 2 heterocycles. The van der Waals surface area contributed by atoms with E-state index < -0.39 is 11.4 Å². The van der Waals surface area contributed by atoms with Crippen LogP contribution in [-0.4, -0.2) is 33.9 Å². The zero-order chi connectivity index (χ0) is 11.6. The molecule has 1 aliphatic heterocycles. The molecule has 1 aliphatic rings. The predicted molar refractivity (Wildman–Crippen MR) is 59.1 cm³/mol. The van der Waals surface area contributed by atoms with Gasteiger partial charge in [0, 0.05) is 13.2 Å². The molecular formula is C11H17N3O2. The molecule has 5 heteroatoms. The van der Waals surface area contributed by atoms with Crippen molar-refractivity contribution in [2.45, 2.75) is 19.3 Å². The zero-order valence-electron chi connectivity index (χ0n) is 9.44. The molecule has 2 N–H and O–H groups in total. The molecule has 1 fully saturated rings. The Morgan fingerprint density at radius 2 is 2.31 bits per heavy atom. The summed E-state index contributed by atoms with van der Waals surface area (Å²) >= 11 is 0. The maximum Gasteiger partial charge on any atom is 0.310 e. The van der Waals surface area contributed by atoms with E-state index in [-0.39, 0.29) is 0 Å². The van der Waals surface area contributed by atoms with Crippen LogP contribution in [0.5, 0.6) is 0 Å². The Bertz CT molecular complexity index is 380. The highest BCUT2D eigenvalue weighted by atomic mass is 16.4. The van der Waals surface area contributed by atoms with Crippen LogP contribution in [0.3, 0.4) is 0 Å². The standard InChI is InChI=1S/C11H17N3O2/c1-14-8-9(7-13-14)6-11(10(15)16)2-4-12-5-3-11/h7-8,12H,2-6H2,1H3,(H,15,16). The van der Waals surface area contributed by atoms with Gasteiger partial charge in [-0.2, -0.15) is 5.10 Å². The zero-order valence-corrected chi connectivity index (χ0v) is 9.44. The summed E-state index contributed by atoms with van der Waals surface area (Å²) in [4.78, 5) is 11.4. The minimum atomic E-state index is -0.683. The Labute approximate surface area is 94.5 Å². The number of aromatic nitrogens is 2. The maximum atomic E-state index is 11.4. The third kappa shape index (κ3) is 2.09. The molecule has 0 saturated carbocycles. The first kappa shape index (κ1) is 11.1. The summed E-state index contributed by atoms with van der Waals surface area (Å²) in [6, 6.07) is 0. The minimum Gasteiger partial charge on any atom is -0.481 e. The normalized spacial score (nSPS) is 19.6. The predicted octanol–water partition coefficient (Wildman–Crippen LogP) is 0.417. The van der Waals surface area contributed by atoms with Gasteiger partial charge in [-0.05, 0) is 37.9 Å². The summed E-state index contributed by atoms with van der Waals surface area (Å²) in [7, 11) is 1.85. The fourth-order valence-electron chi connectivity index (χ4n) is 2.33. The van der Waals surface area contributed by atoms with Crippen LogP contribution >= 0.6 is 0 Å². The van der Waals surface area contributed by atoms with E-state index in [1.165, 1.54) is 0 Å². The Balaban J connectivity index is 2.16. The molecule has 2 rings (SSSR count). The average molecular weight is 223 g/mol. The lowest BCUT2D eigenvalue weighted by Gasteiger charge is -2.33. The van der Waals surface area contributed by atoms with Crippen molar-refractivity contribution in [2.24, 2.45) is 12.5 Å². The largest absolute Gasteiger partial charge is 0.481 e. The number of hydrogen-bond acceptors (Lipinski definition) is 3. The van der Waals surface area contributed by atoms with E-state index in [1.54, 1.807) is 10.9 Å². The second kappa shape index (κ2) is 4.25. The highest BCUT2D eigenvalue weighted by Crippen LogP contribution is 2.33. The SMILES string of the molecule is Cn1cc(CC2(C(=O)O)CCNCC2)cn1. The number of hydrogen-bond donors (Lipinski definition) is 2. The summed E-state index contributed by atoms with van der Waals surface area (Å²) < 4.78 is 1.71. The first-order chi connectivity index (χ1) is 7.62. The molecule has 1 aromatic heterocycles. The second-order valence-electron chi connectivity index (χ2n) is 4.53. The van der Waals surface area contributed by atoms with Crippen molar-refractivity contribution in [3.05, 3.63) is 18.0 Å². The van der Waals surface area contributed by atoms with Crippen molar-refractivity contribution in [3.63, 3.8) is 0 Å². The first-order valence-corrected chi connectivity index (χ1v) is 5.54. The summed E-state index contributed by atoms with van der Waals surface area (Å²) in [6.45, 7) is 1.57. The van der Waals surface area contributed by atoms with Crippen molar-refractivity contribution >= 4 is 5.97 Å². The molecule has 1 aromatic rings. The van der Waals surface area contributed by atoms with E-state index in [0.29, 0.717) is 19.3 Å². The average Bonchev–Trinajstić information content (AvgIpc) is 2.65. The molecule has 0 unspecified atom stereocenters. The van der Waals surface area contributed by atoms with E-state index in [2.05, 4.69) is 10.4 Å². The molecular weight excluding hydrogens is 206 g/mol. The van der Waals surface area contributed by atoms with Gasteiger partial charge >= 0.3 is 5.97 Å². The third-order valence-electron chi connectivity index (χ3n) is 3.32. The smallest absolute Gasteiger partial charge is 0.310 e. The molecule has 0 aliphatic carbocycles. The molecule has 0 bridgehead atoms. The van der Waals surface area contributed by atoms with E-state index in [0.717, 1.165) is 18.7 Å². The summed E-state index contributed by atoms with van der Waals surface area (Å²) in [5.41, 5.74) is 0.403. The molecule has 0 aromatic carbocycles. The van der Waals surface area contributed by atoms with Gasteiger partial charge in [-0.25, -0.2) is 0 Å².